The minimum absolute atomic E-state index is 0.320. The highest BCUT2D eigenvalue weighted by Crippen LogP contribution is 2.28. The standard InChI is InChI=1S/C20H33N3O2/c1-3-25-20-9-6-15-10-12-23(13-11-18(15)22-20)14-19(24-2)16-4-7-17(21)8-5-16/h6,9,16-17,19H,3-5,7-8,10-14,21H2,1-2H3. The van der Waals surface area contributed by atoms with Crippen molar-refractivity contribution in [3.05, 3.63) is 23.4 Å². The topological polar surface area (TPSA) is 60.6 Å². The van der Waals surface area contributed by atoms with Crippen molar-refractivity contribution in [1.82, 2.24) is 9.88 Å². The summed E-state index contributed by atoms with van der Waals surface area (Å²) in [7, 11) is 1.86. The zero-order valence-corrected chi connectivity index (χ0v) is 15.7. The molecule has 1 fully saturated rings. The number of methoxy groups -OCH3 is 1. The molecule has 0 bridgehead atoms. The Morgan fingerprint density at radius 2 is 1.96 bits per heavy atom. The SMILES string of the molecule is CCOc1ccc2c(n1)CCN(CC(OC)C1CCC(N)CC1)CC2. The fourth-order valence-electron chi connectivity index (χ4n) is 4.21. The van der Waals surface area contributed by atoms with Crippen LogP contribution in [0.25, 0.3) is 0 Å². The fraction of sp³-hybridized carbons (Fsp3) is 0.750. The van der Waals surface area contributed by atoms with Crippen LogP contribution >= 0.6 is 0 Å². The summed E-state index contributed by atoms with van der Waals surface area (Å²) in [5.41, 5.74) is 8.62. The molecule has 3 rings (SSSR count). The average molecular weight is 348 g/mol. The summed E-state index contributed by atoms with van der Waals surface area (Å²) in [5.74, 6) is 1.40. The minimum atomic E-state index is 0.320. The van der Waals surface area contributed by atoms with Crippen molar-refractivity contribution >= 4 is 0 Å². The number of nitrogens with zero attached hydrogens (tertiary/aromatic N) is 2. The molecule has 1 aromatic heterocycles. The van der Waals surface area contributed by atoms with Gasteiger partial charge in [0.1, 0.15) is 0 Å². The third kappa shape index (κ3) is 4.93. The molecule has 2 heterocycles. The van der Waals surface area contributed by atoms with Crippen LogP contribution in [-0.2, 0) is 17.6 Å². The Morgan fingerprint density at radius 3 is 2.68 bits per heavy atom. The number of hydrogen-bond acceptors (Lipinski definition) is 5. The summed E-state index contributed by atoms with van der Waals surface area (Å²) >= 11 is 0. The first-order valence-corrected chi connectivity index (χ1v) is 9.82. The van der Waals surface area contributed by atoms with Gasteiger partial charge in [0.15, 0.2) is 0 Å². The van der Waals surface area contributed by atoms with Crippen LogP contribution in [-0.4, -0.2) is 55.4 Å². The molecule has 1 aromatic rings. The minimum Gasteiger partial charge on any atom is -0.478 e. The molecule has 1 aliphatic heterocycles. The molecule has 25 heavy (non-hydrogen) atoms. The van der Waals surface area contributed by atoms with Crippen LogP contribution in [0.5, 0.6) is 5.88 Å². The van der Waals surface area contributed by atoms with E-state index in [-0.39, 0.29) is 0 Å². The highest BCUT2D eigenvalue weighted by Gasteiger charge is 2.28. The number of pyridine rings is 1. The molecule has 2 N–H and O–H groups in total. The smallest absolute Gasteiger partial charge is 0.213 e. The molecular formula is C20H33N3O2. The van der Waals surface area contributed by atoms with Crippen LogP contribution in [0.15, 0.2) is 12.1 Å². The molecule has 1 unspecified atom stereocenters. The summed E-state index contributed by atoms with van der Waals surface area (Å²) in [6.45, 7) is 5.80. The summed E-state index contributed by atoms with van der Waals surface area (Å²) in [6, 6.07) is 4.58. The van der Waals surface area contributed by atoms with E-state index < -0.39 is 0 Å². The molecular weight excluding hydrogens is 314 g/mol. The lowest BCUT2D eigenvalue weighted by molar-refractivity contribution is 0.00850. The van der Waals surface area contributed by atoms with Crippen LogP contribution in [0.2, 0.25) is 0 Å². The van der Waals surface area contributed by atoms with E-state index in [1.165, 1.54) is 24.1 Å². The first-order valence-electron chi connectivity index (χ1n) is 9.82. The number of nitrogens with two attached hydrogens (primary N) is 1. The van der Waals surface area contributed by atoms with Gasteiger partial charge in [-0.15, -0.1) is 0 Å². The maximum absolute atomic E-state index is 6.06. The third-order valence-corrected chi connectivity index (χ3v) is 5.78. The summed E-state index contributed by atoms with van der Waals surface area (Å²) in [6.07, 6.45) is 7.05. The Morgan fingerprint density at radius 1 is 1.20 bits per heavy atom. The Hall–Kier alpha value is -1.17. The lowest BCUT2D eigenvalue weighted by Crippen LogP contribution is -2.41. The van der Waals surface area contributed by atoms with Crippen LogP contribution < -0.4 is 10.5 Å². The van der Waals surface area contributed by atoms with E-state index in [1.54, 1.807) is 0 Å². The molecule has 1 aliphatic carbocycles. The van der Waals surface area contributed by atoms with E-state index >= 15 is 0 Å². The first kappa shape index (κ1) is 18.6. The van der Waals surface area contributed by atoms with Gasteiger partial charge in [-0.2, -0.15) is 0 Å². The average Bonchev–Trinajstić information content (AvgIpc) is 2.83. The molecule has 0 aromatic carbocycles. The molecule has 0 saturated heterocycles. The highest BCUT2D eigenvalue weighted by molar-refractivity contribution is 5.27. The number of aromatic nitrogens is 1. The summed E-state index contributed by atoms with van der Waals surface area (Å²) in [4.78, 5) is 7.25. The molecule has 1 saturated carbocycles. The van der Waals surface area contributed by atoms with Gasteiger partial charge in [0.2, 0.25) is 5.88 Å². The monoisotopic (exact) mass is 347 g/mol. The largest absolute Gasteiger partial charge is 0.478 e. The van der Waals surface area contributed by atoms with Gasteiger partial charge in [0.05, 0.1) is 12.7 Å². The molecule has 2 aliphatic rings. The number of fused-ring (bicyclic) bond motifs is 1. The van der Waals surface area contributed by atoms with E-state index in [4.69, 9.17) is 20.2 Å². The quantitative estimate of drug-likeness (QED) is 0.856. The van der Waals surface area contributed by atoms with Crippen LogP contribution in [0, 0.1) is 5.92 Å². The van der Waals surface area contributed by atoms with Crippen molar-refractivity contribution < 1.29 is 9.47 Å². The Labute approximate surface area is 151 Å². The molecule has 0 amide bonds. The van der Waals surface area contributed by atoms with Gasteiger partial charge in [-0.05, 0) is 50.5 Å². The van der Waals surface area contributed by atoms with E-state index in [1.807, 2.05) is 20.1 Å². The molecule has 0 radical (unpaired) electrons. The second kappa shape index (κ2) is 8.97. The van der Waals surface area contributed by atoms with Gasteiger partial charge >= 0.3 is 0 Å². The van der Waals surface area contributed by atoms with Crippen molar-refractivity contribution in [3.8, 4) is 5.88 Å². The fourth-order valence-corrected chi connectivity index (χ4v) is 4.21. The summed E-state index contributed by atoms with van der Waals surface area (Å²) < 4.78 is 11.4. The molecule has 0 spiro atoms. The van der Waals surface area contributed by atoms with Gasteiger partial charge in [-0.3, -0.25) is 0 Å². The lowest BCUT2D eigenvalue weighted by atomic mass is 9.82. The van der Waals surface area contributed by atoms with Gasteiger partial charge in [0, 0.05) is 51.0 Å². The van der Waals surface area contributed by atoms with E-state index in [2.05, 4.69) is 11.0 Å². The second-order valence-corrected chi connectivity index (χ2v) is 7.44. The summed E-state index contributed by atoms with van der Waals surface area (Å²) in [5, 5.41) is 0. The lowest BCUT2D eigenvalue weighted by Gasteiger charge is -2.34. The predicted molar refractivity (Wildman–Crippen MR) is 100.0 cm³/mol. The second-order valence-electron chi connectivity index (χ2n) is 7.44. The number of rotatable bonds is 6. The molecule has 5 nitrogen and oxygen atoms in total. The van der Waals surface area contributed by atoms with Crippen molar-refractivity contribution in [3.63, 3.8) is 0 Å². The predicted octanol–water partition coefficient (Wildman–Crippen LogP) is 2.41. The van der Waals surface area contributed by atoms with Crippen LogP contribution in [0.1, 0.15) is 43.9 Å². The number of hydrogen-bond donors (Lipinski definition) is 1. The van der Waals surface area contributed by atoms with E-state index in [0.29, 0.717) is 24.7 Å². The maximum atomic E-state index is 6.06. The third-order valence-electron chi connectivity index (χ3n) is 5.78. The maximum Gasteiger partial charge on any atom is 0.213 e. The van der Waals surface area contributed by atoms with Crippen molar-refractivity contribution in [2.24, 2.45) is 11.7 Å². The van der Waals surface area contributed by atoms with Crippen molar-refractivity contribution in [1.29, 1.82) is 0 Å². The zero-order chi connectivity index (χ0) is 17.6. The molecule has 5 heteroatoms. The molecule has 1 atom stereocenters. The van der Waals surface area contributed by atoms with Gasteiger partial charge in [-0.25, -0.2) is 4.98 Å². The van der Waals surface area contributed by atoms with Crippen molar-refractivity contribution in [2.45, 2.75) is 57.6 Å². The van der Waals surface area contributed by atoms with Crippen LogP contribution in [0.3, 0.4) is 0 Å². The van der Waals surface area contributed by atoms with Gasteiger partial charge < -0.3 is 20.1 Å². The van der Waals surface area contributed by atoms with Crippen LogP contribution in [0.4, 0.5) is 0 Å². The zero-order valence-electron chi connectivity index (χ0n) is 15.7. The van der Waals surface area contributed by atoms with E-state index in [0.717, 1.165) is 51.2 Å². The number of ether oxygens (including phenoxy) is 2. The van der Waals surface area contributed by atoms with Gasteiger partial charge in [-0.1, -0.05) is 6.07 Å². The Bertz CT molecular complexity index is 544. The first-order chi connectivity index (χ1) is 12.2. The van der Waals surface area contributed by atoms with Gasteiger partial charge in [0.25, 0.3) is 0 Å². The van der Waals surface area contributed by atoms with E-state index in [9.17, 15) is 0 Å². The normalized spacial score (nSPS) is 25.9. The molecule has 140 valence electrons. The highest BCUT2D eigenvalue weighted by atomic mass is 16.5. The van der Waals surface area contributed by atoms with Crippen molar-refractivity contribution in [2.75, 3.05) is 33.4 Å². The Kier molecular flexibility index (Phi) is 6.68. The Balaban J connectivity index is 1.57.